The first-order valence-corrected chi connectivity index (χ1v) is 7.19. The number of benzene rings is 1. The van der Waals surface area contributed by atoms with Crippen LogP contribution < -0.4 is 0 Å². The van der Waals surface area contributed by atoms with E-state index in [9.17, 15) is 4.79 Å². The summed E-state index contributed by atoms with van der Waals surface area (Å²) in [5.74, 6) is -0.0792. The van der Waals surface area contributed by atoms with Gasteiger partial charge in [-0.05, 0) is 24.6 Å². The van der Waals surface area contributed by atoms with Gasteiger partial charge in [-0.2, -0.15) is 0 Å². The standard InChI is InChI=1S/C15H19Cl2NO2/c1-12(16)3-8-15(19)18(9-10-20-2)11-13-4-6-14(17)7-5-13/h3-8,12H,9-11H2,1-2H3/b8-3+. The lowest BCUT2D eigenvalue weighted by Crippen LogP contribution is -2.32. The fourth-order valence-electron chi connectivity index (χ4n) is 1.60. The molecule has 0 saturated carbocycles. The summed E-state index contributed by atoms with van der Waals surface area (Å²) in [6.45, 7) is 3.34. The van der Waals surface area contributed by atoms with Crippen LogP contribution in [0.2, 0.25) is 5.02 Å². The zero-order chi connectivity index (χ0) is 15.0. The Morgan fingerprint density at radius 1 is 1.40 bits per heavy atom. The molecule has 0 aliphatic rings. The highest BCUT2D eigenvalue weighted by molar-refractivity contribution is 6.30. The molecule has 0 spiro atoms. The second-order valence-corrected chi connectivity index (χ2v) is 5.54. The fourth-order valence-corrected chi connectivity index (χ4v) is 1.80. The van der Waals surface area contributed by atoms with E-state index in [2.05, 4.69) is 0 Å². The maximum Gasteiger partial charge on any atom is 0.246 e. The molecule has 0 heterocycles. The summed E-state index contributed by atoms with van der Waals surface area (Å²) in [6.07, 6.45) is 3.18. The van der Waals surface area contributed by atoms with Crippen molar-refractivity contribution in [2.75, 3.05) is 20.3 Å². The second kappa shape index (κ2) is 9.01. The fraction of sp³-hybridized carbons (Fsp3) is 0.400. The van der Waals surface area contributed by atoms with Crippen molar-refractivity contribution < 1.29 is 9.53 Å². The number of amides is 1. The molecule has 1 aromatic carbocycles. The van der Waals surface area contributed by atoms with Gasteiger partial charge in [0.25, 0.3) is 0 Å². The molecule has 20 heavy (non-hydrogen) atoms. The van der Waals surface area contributed by atoms with Crippen molar-refractivity contribution in [2.45, 2.75) is 18.8 Å². The molecule has 3 nitrogen and oxygen atoms in total. The Morgan fingerprint density at radius 2 is 2.05 bits per heavy atom. The largest absolute Gasteiger partial charge is 0.383 e. The van der Waals surface area contributed by atoms with Crippen molar-refractivity contribution in [2.24, 2.45) is 0 Å². The molecule has 110 valence electrons. The number of carbonyl (C=O) groups excluding carboxylic acids is 1. The molecule has 1 atom stereocenters. The van der Waals surface area contributed by atoms with E-state index in [4.69, 9.17) is 27.9 Å². The predicted molar refractivity (Wildman–Crippen MR) is 83.2 cm³/mol. The highest BCUT2D eigenvalue weighted by Crippen LogP contribution is 2.12. The van der Waals surface area contributed by atoms with E-state index in [0.29, 0.717) is 24.7 Å². The van der Waals surface area contributed by atoms with Gasteiger partial charge in [0, 0.05) is 36.7 Å². The Hall–Kier alpha value is -1.03. The average Bonchev–Trinajstić information content (AvgIpc) is 2.42. The van der Waals surface area contributed by atoms with E-state index >= 15 is 0 Å². The monoisotopic (exact) mass is 315 g/mol. The second-order valence-electron chi connectivity index (χ2n) is 4.42. The Morgan fingerprint density at radius 3 is 2.60 bits per heavy atom. The first-order valence-electron chi connectivity index (χ1n) is 6.37. The summed E-state index contributed by atoms with van der Waals surface area (Å²) < 4.78 is 5.04. The Bertz CT molecular complexity index is 444. The van der Waals surface area contributed by atoms with Gasteiger partial charge < -0.3 is 9.64 Å². The maximum atomic E-state index is 12.1. The van der Waals surface area contributed by atoms with Crippen LogP contribution >= 0.6 is 23.2 Å². The topological polar surface area (TPSA) is 29.5 Å². The van der Waals surface area contributed by atoms with E-state index in [1.54, 1.807) is 18.1 Å². The first-order chi connectivity index (χ1) is 9.52. The molecule has 1 amide bonds. The summed E-state index contributed by atoms with van der Waals surface area (Å²) in [5, 5.41) is 0.512. The smallest absolute Gasteiger partial charge is 0.246 e. The maximum absolute atomic E-state index is 12.1. The van der Waals surface area contributed by atoms with Crippen LogP contribution in [0.3, 0.4) is 0 Å². The van der Waals surface area contributed by atoms with Gasteiger partial charge in [-0.1, -0.05) is 29.8 Å². The van der Waals surface area contributed by atoms with Gasteiger partial charge in [0.05, 0.1) is 6.61 Å². The van der Waals surface area contributed by atoms with Crippen molar-refractivity contribution in [1.82, 2.24) is 4.90 Å². The van der Waals surface area contributed by atoms with Crippen molar-refractivity contribution in [1.29, 1.82) is 0 Å². The van der Waals surface area contributed by atoms with Crippen LogP contribution in [0.4, 0.5) is 0 Å². The minimum Gasteiger partial charge on any atom is -0.383 e. The Labute approximate surface area is 130 Å². The number of halogens is 2. The van der Waals surface area contributed by atoms with E-state index in [1.807, 2.05) is 31.2 Å². The zero-order valence-electron chi connectivity index (χ0n) is 11.7. The Balaban J connectivity index is 2.72. The quantitative estimate of drug-likeness (QED) is 0.569. The molecule has 0 saturated heterocycles. The number of alkyl halides is 1. The van der Waals surface area contributed by atoms with Crippen molar-refractivity contribution in [3.05, 3.63) is 47.0 Å². The van der Waals surface area contributed by atoms with Gasteiger partial charge in [-0.3, -0.25) is 4.79 Å². The SMILES string of the molecule is COCCN(Cc1ccc(Cl)cc1)C(=O)/C=C/C(C)Cl. The molecular formula is C15H19Cl2NO2. The van der Waals surface area contributed by atoms with Gasteiger partial charge in [0.1, 0.15) is 0 Å². The van der Waals surface area contributed by atoms with Gasteiger partial charge in [0.2, 0.25) is 5.91 Å². The van der Waals surface area contributed by atoms with Crippen LogP contribution in [-0.2, 0) is 16.1 Å². The molecule has 0 N–H and O–H groups in total. The third-order valence-electron chi connectivity index (χ3n) is 2.67. The van der Waals surface area contributed by atoms with Crippen LogP contribution in [0, 0.1) is 0 Å². The molecule has 1 rings (SSSR count). The van der Waals surface area contributed by atoms with E-state index < -0.39 is 0 Å². The lowest BCUT2D eigenvalue weighted by molar-refractivity contribution is -0.127. The van der Waals surface area contributed by atoms with Gasteiger partial charge in [-0.15, -0.1) is 11.6 Å². The number of allylic oxidation sites excluding steroid dienone is 1. The van der Waals surface area contributed by atoms with E-state index in [-0.39, 0.29) is 11.3 Å². The number of rotatable bonds is 7. The molecule has 5 heteroatoms. The van der Waals surface area contributed by atoms with Crippen LogP contribution in [0.15, 0.2) is 36.4 Å². The number of hydrogen-bond acceptors (Lipinski definition) is 2. The molecule has 0 fully saturated rings. The molecular weight excluding hydrogens is 297 g/mol. The lowest BCUT2D eigenvalue weighted by atomic mass is 10.2. The van der Waals surface area contributed by atoms with Crippen molar-refractivity contribution in [3.8, 4) is 0 Å². The lowest BCUT2D eigenvalue weighted by Gasteiger charge is -2.21. The van der Waals surface area contributed by atoms with Crippen molar-refractivity contribution in [3.63, 3.8) is 0 Å². The molecule has 0 bridgehead atoms. The number of carbonyl (C=O) groups is 1. The molecule has 0 aliphatic carbocycles. The van der Waals surface area contributed by atoms with Gasteiger partial charge in [0.15, 0.2) is 0 Å². The summed E-state index contributed by atoms with van der Waals surface area (Å²) in [6, 6.07) is 7.44. The third-order valence-corrected chi connectivity index (χ3v) is 3.07. The molecule has 0 radical (unpaired) electrons. The molecule has 0 aromatic heterocycles. The van der Waals surface area contributed by atoms with E-state index in [0.717, 1.165) is 5.56 Å². The molecule has 1 aromatic rings. The zero-order valence-corrected chi connectivity index (χ0v) is 13.2. The van der Waals surface area contributed by atoms with Crippen LogP contribution in [0.25, 0.3) is 0 Å². The number of ether oxygens (including phenoxy) is 1. The number of nitrogens with zero attached hydrogens (tertiary/aromatic N) is 1. The van der Waals surface area contributed by atoms with Crippen molar-refractivity contribution >= 4 is 29.1 Å². The predicted octanol–water partition coefficient (Wildman–Crippen LogP) is 3.50. The number of hydrogen-bond donors (Lipinski definition) is 0. The average molecular weight is 316 g/mol. The number of methoxy groups -OCH3 is 1. The first kappa shape index (κ1) is 17.0. The normalized spacial score (nSPS) is 12.6. The van der Waals surface area contributed by atoms with Crippen LogP contribution in [0.5, 0.6) is 0 Å². The highest BCUT2D eigenvalue weighted by atomic mass is 35.5. The van der Waals surface area contributed by atoms with E-state index in [1.165, 1.54) is 6.08 Å². The summed E-state index contributed by atoms with van der Waals surface area (Å²) in [4.78, 5) is 13.8. The minimum absolute atomic E-state index is 0.0792. The summed E-state index contributed by atoms with van der Waals surface area (Å²) in [5.41, 5.74) is 1.02. The molecule has 1 unspecified atom stereocenters. The Kier molecular flexibility index (Phi) is 7.67. The van der Waals surface area contributed by atoms with Gasteiger partial charge in [-0.25, -0.2) is 0 Å². The van der Waals surface area contributed by atoms with Gasteiger partial charge >= 0.3 is 0 Å². The molecule has 0 aliphatic heterocycles. The third kappa shape index (κ3) is 6.42. The summed E-state index contributed by atoms with van der Waals surface area (Å²) in [7, 11) is 1.61. The summed E-state index contributed by atoms with van der Waals surface area (Å²) >= 11 is 11.7. The minimum atomic E-state index is -0.168. The van der Waals surface area contributed by atoms with Crippen LogP contribution in [0.1, 0.15) is 12.5 Å². The van der Waals surface area contributed by atoms with Crippen LogP contribution in [-0.4, -0.2) is 36.4 Å². The highest BCUT2D eigenvalue weighted by Gasteiger charge is 2.11.